The predicted octanol–water partition coefficient (Wildman–Crippen LogP) is 3.26. The van der Waals surface area contributed by atoms with Crippen LogP contribution in [0.2, 0.25) is 0 Å². The fraction of sp³-hybridized carbons (Fsp3) is 0.350. The van der Waals surface area contributed by atoms with Crippen LogP contribution in [0.3, 0.4) is 0 Å². The first-order valence-corrected chi connectivity index (χ1v) is 8.80. The Balaban J connectivity index is 1.57. The number of hydrogen-bond donors (Lipinski definition) is 1. The van der Waals surface area contributed by atoms with Crippen LogP contribution in [0.5, 0.6) is 0 Å². The second-order valence-corrected chi connectivity index (χ2v) is 7.05. The molecule has 1 N–H and O–H groups in total. The Morgan fingerprint density at radius 1 is 1.31 bits per heavy atom. The van der Waals surface area contributed by atoms with E-state index in [-0.39, 0.29) is 36.0 Å². The fourth-order valence-electron chi connectivity index (χ4n) is 3.68. The lowest BCUT2D eigenvalue weighted by atomic mass is 9.93. The highest BCUT2D eigenvalue weighted by Crippen LogP contribution is 2.42. The lowest BCUT2D eigenvalue weighted by molar-refractivity contribution is -0.127. The molecule has 2 atom stereocenters. The van der Waals surface area contributed by atoms with Crippen LogP contribution in [0.4, 0.5) is 10.1 Å². The molecule has 2 fully saturated rings. The van der Waals surface area contributed by atoms with Gasteiger partial charge in [-0.05, 0) is 54.2 Å². The number of rotatable bonds is 4. The number of halogens is 1. The van der Waals surface area contributed by atoms with E-state index in [9.17, 15) is 14.0 Å². The van der Waals surface area contributed by atoms with Gasteiger partial charge in [-0.2, -0.15) is 0 Å². The highest BCUT2D eigenvalue weighted by Gasteiger charge is 2.42. The van der Waals surface area contributed by atoms with Crippen LogP contribution >= 0.6 is 0 Å². The van der Waals surface area contributed by atoms with Gasteiger partial charge in [0.1, 0.15) is 5.82 Å². The van der Waals surface area contributed by atoms with Crippen LogP contribution in [0.15, 0.2) is 42.7 Å². The first kappa shape index (κ1) is 16.7. The van der Waals surface area contributed by atoms with E-state index in [1.165, 1.54) is 6.07 Å². The number of carbonyl (C=O) groups is 2. The Bertz CT molecular complexity index is 851. The topological polar surface area (TPSA) is 62.3 Å². The molecule has 6 heteroatoms. The maximum Gasteiger partial charge on any atom is 0.230 e. The second-order valence-electron chi connectivity index (χ2n) is 7.05. The summed E-state index contributed by atoms with van der Waals surface area (Å²) in [6.45, 7) is 0. The molecule has 1 aliphatic carbocycles. The summed E-state index contributed by atoms with van der Waals surface area (Å²) in [6.07, 6.45) is 5.47. The molecule has 1 saturated carbocycles. The Labute approximate surface area is 151 Å². The van der Waals surface area contributed by atoms with E-state index in [0.29, 0.717) is 11.3 Å². The number of anilines is 1. The minimum Gasteiger partial charge on any atom is -0.338 e. The maximum absolute atomic E-state index is 13.9. The van der Waals surface area contributed by atoms with Crippen molar-refractivity contribution in [2.24, 2.45) is 5.92 Å². The molecule has 1 aromatic heterocycles. The van der Waals surface area contributed by atoms with Gasteiger partial charge in [0.25, 0.3) is 0 Å². The summed E-state index contributed by atoms with van der Waals surface area (Å²) in [5.74, 6) is -0.781. The highest BCUT2D eigenvalue weighted by atomic mass is 19.1. The largest absolute Gasteiger partial charge is 0.338 e. The molecule has 0 spiro atoms. The zero-order valence-electron chi connectivity index (χ0n) is 14.5. The van der Waals surface area contributed by atoms with Crippen LogP contribution in [-0.4, -0.2) is 28.7 Å². The van der Waals surface area contributed by atoms with Crippen molar-refractivity contribution in [2.75, 3.05) is 12.4 Å². The number of benzene rings is 1. The van der Waals surface area contributed by atoms with E-state index < -0.39 is 5.92 Å². The van der Waals surface area contributed by atoms with E-state index in [0.717, 1.165) is 18.4 Å². The summed E-state index contributed by atoms with van der Waals surface area (Å²) < 4.78 is 13.9. The lowest BCUT2D eigenvalue weighted by Crippen LogP contribution is -2.30. The third-order valence-corrected chi connectivity index (χ3v) is 5.23. The number of likely N-dealkylation sites (tertiary alicyclic amines) is 1. The van der Waals surface area contributed by atoms with Gasteiger partial charge in [-0.15, -0.1) is 0 Å². The molecule has 5 nitrogen and oxygen atoms in total. The summed E-state index contributed by atoms with van der Waals surface area (Å²) in [6, 6.07) is 8.00. The number of carbonyl (C=O) groups excluding carboxylic acids is 2. The summed E-state index contributed by atoms with van der Waals surface area (Å²) in [5.41, 5.74) is 2.07. The zero-order chi connectivity index (χ0) is 18.3. The molecule has 1 saturated heterocycles. The van der Waals surface area contributed by atoms with Crippen LogP contribution in [0.25, 0.3) is 0 Å². The third-order valence-electron chi connectivity index (χ3n) is 5.23. The Hall–Kier alpha value is -2.76. The summed E-state index contributed by atoms with van der Waals surface area (Å²) in [5, 5.41) is 2.87. The number of pyridine rings is 1. The SMILES string of the molecule is CN1C(=O)C[C@H](C(=O)Nc2ccc(F)c(C3CC3)c2)[C@H]1c1cccnc1. The van der Waals surface area contributed by atoms with Crippen molar-refractivity contribution in [1.29, 1.82) is 0 Å². The first-order chi connectivity index (χ1) is 12.5. The minimum absolute atomic E-state index is 0.0724. The average molecular weight is 353 g/mol. The van der Waals surface area contributed by atoms with Crippen molar-refractivity contribution >= 4 is 17.5 Å². The first-order valence-electron chi connectivity index (χ1n) is 8.80. The van der Waals surface area contributed by atoms with Gasteiger partial charge in [0.05, 0.1) is 12.0 Å². The zero-order valence-corrected chi connectivity index (χ0v) is 14.5. The number of hydrogen-bond acceptors (Lipinski definition) is 3. The Kier molecular flexibility index (Phi) is 4.18. The molecule has 0 unspecified atom stereocenters. The smallest absolute Gasteiger partial charge is 0.230 e. The maximum atomic E-state index is 13.9. The Morgan fingerprint density at radius 3 is 2.81 bits per heavy atom. The second kappa shape index (κ2) is 6.52. The van der Waals surface area contributed by atoms with E-state index >= 15 is 0 Å². The number of aromatic nitrogens is 1. The minimum atomic E-state index is -0.508. The molecule has 0 radical (unpaired) electrons. The molecule has 1 aliphatic heterocycles. The summed E-state index contributed by atoms with van der Waals surface area (Å²) in [7, 11) is 1.70. The van der Waals surface area contributed by atoms with Gasteiger partial charge in [-0.3, -0.25) is 14.6 Å². The van der Waals surface area contributed by atoms with Gasteiger partial charge < -0.3 is 10.2 Å². The van der Waals surface area contributed by atoms with Crippen LogP contribution in [0.1, 0.15) is 42.3 Å². The lowest BCUT2D eigenvalue weighted by Gasteiger charge is -2.24. The average Bonchev–Trinajstić information content (AvgIpc) is 3.44. The van der Waals surface area contributed by atoms with Gasteiger partial charge in [0, 0.05) is 31.5 Å². The molecule has 4 rings (SSSR count). The van der Waals surface area contributed by atoms with E-state index in [1.807, 2.05) is 6.07 Å². The summed E-state index contributed by atoms with van der Waals surface area (Å²) >= 11 is 0. The summed E-state index contributed by atoms with van der Waals surface area (Å²) in [4.78, 5) is 30.8. The Morgan fingerprint density at radius 2 is 2.12 bits per heavy atom. The molecular weight excluding hydrogens is 333 g/mol. The predicted molar refractivity (Wildman–Crippen MR) is 94.9 cm³/mol. The van der Waals surface area contributed by atoms with Crippen molar-refractivity contribution in [2.45, 2.75) is 31.2 Å². The van der Waals surface area contributed by atoms with E-state index in [2.05, 4.69) is 10.3 Å². The molecule has 2 heterocycles. The molecule has 2 amide bonds. The highest BCUT2D eigenvalue weighted by molar-refractivity contribution is 5.98. The molecule has 134 valence electrons. The molecular formula is C20H20FN3O2. The van der Waals surface area contributed by atoms with Crippen molar-refractivity contribution in [3.63, 3.8) is 0 Å². The van der Waals surface area contributed by atoms with Gasteiger partial charge >= 0.3 is 0 Å². The standard InChI is InChI=1S/C20H20FN3O2/c1-24-18(25)10-16(19(24)13-3-2-8-22-11-13)20(26)23-14-6-7-17(21)15(9-14)12-4-5-12/h2-3,6-9,11-12,16,19H,4-5,10H2,1H3,(H,23,26)/t16-,19+/m0/s1. The third kappa shape index (κ3) is 3.07. The van der Waals surface area contributed by atoms with Gasteiger partial charge in [-0.25, -0.2) is 4.39 Å². The fourth-order valence-corrected chi connectivity index (χ4v) is 3.68. The normalized spacial score (nSPS) is 22.5. The van der Waals surface area contributed by atoms with Crippen LogP contribution < -0.4 is 5.32 Å². The number of amides is 2. The van der Waals surface area contributed by atoms with Crippen molar-refractivity contribution < 1.29 is 14.0 Å². The van der Waals surface area contributed by atoms with E-state index in [1.54, 1.807) is 42.5 Å². The van der Waals surface area contributed by atoms with Crippen molar-refractivity contribution in [1.82, 2.24) is 9.88 Å². The quantitative estimate of drug-likeness (QED) is 0.918. The monoisotopic (exact) mass is 353 g/mol. The molecule has 26 heavy (non-hydrogen) atoms. The van der Waals surface area contributed by atoms with Crippen LogP contribution in [0, 0.1) is 11.7 Å². The molecule has 1 aromatic carbocycles. The molecule has 0 bridgehead atoms. The van der Waals surface area contributed by atoms with Gasteiger partial charge in [-0.1, -0.05) is 6.07 Å². The number of nitrogens with zero attached hydrogens (tertiary/aromatic N) is 2. The number of nitrogens with one attached hydrogen (secondary N) is 1. The van der Waals surface area contributed by atoms with Gasteiger partial charge in [0.15, 0.2) is 0 Å². The van der Waals surface area contributed by atoms with E-state index in [4.69, 9.17) is 0 Å². The van der Waals surface area contributed by atoms with Crippen molar-refractivity contribution in [3.8, 4) is 0 Å². The molecule has 2 aliphatic rings. The van der Waals surface area contributed by atoms with Gasteiger partial charge in [0.2, 0.25) is 11.8 Å². The van der Waals surface area contributed by atoms with Crippen LogP contribution in [-0.2, 0) is 9.59 Å². The molecule has 2 aromatic rings. The van der Waals surface area contributed by atoms with Crippen molar-refractivity contribution in [3.05, 3.63) is 59.7 Å².